The van der Waals surface area contributed by atoms with Crippen molar-refractivity contribution in [3.63, 3.8) is 0 Å². The average molecular weight is 433 g/mol. The second kappa shape index (κ2) is 10.6. The molecule has 2 atom stereocenters. The highest BCUT2D eigenvalue weighted by atomic mass is 35.5. The van der Waals surface area contributed by atoms with E-state index in [1.54, 1.807) is 18.2 Å². The normalized spacial score (nSPS) is 12.4. The number of nitrogens with one attached hydrogen (secondary N) is 2. The molecule has 3 aromatic rings. The van der Waals surface area contributed by atoms with Gasteiger partial charge in [-0.05, 0) is 42.7 Å². The number of amides is 2. The first-order valence-corrected chi connectivity index (χ1v) is 10.5. The third-order valence-corrected chi connectivity index (χ3v) is 5.33. The van der Waals surface area contributed by atoms with Crippen LogP contribution in [0.25, 0.3) is 6.08 Å². The second-order valence-corrected chi connectivity index (χ2v) is 7.70. The van der Waals surface area contributed by atoms with Gasteiger partial charge in [-0.25, -0.2) is 0 Å². The summed E-state index contributed by atoms with van der Waals surface area (Å²) in [6.45, 7) is 3.76. The van der Waals surface area contributed by atoms with Gasteiger partial charge in [-0.1, -0.05) is 90.5 Å². The number of carbonyl (C=O) groups excluding carboxylic acids is 2. The van der Waals surface area contributed by atoms with Gasteiger partial charge in [0.15, 0.2) is 0 Å². The van der Waals surface area contributed by atoms with Gasteiger partial charge >= 0.3 is 0 Å². The van der Waals surface area contributed by atoms with Crippen LogP contribution in [0.4, 0.5) is 0 Å². The summed E-state index contributed by atoms with van der Waals surface area (Å²) < 4.78 is 0. The number of hydrogen-bond acceptors (Lipinski definition) is 2. The topological polar surface area (TPSA) is 58.2 Å². The smallest absolute Gasteiger partial charge is 0.257 e. The van der Waals surface area contributed by atoms with Gasteiger partial charge in [-0.15, -0.1) is 0 Å². The Labute approximate surface area is 188 Å². The highest BCUT2D eigenvalue weighted by molar-refractivity contribution is 6.32. The fraction of sp³-hybridized carbons (Fsp3) is 0.154. The Morgan fingerprint density at radius 3 is 1.58 bits per heavy atom. The van der Waals surface area contributed by atoms with E-state index in [1.165, 1.54) is 6.08 Å². The summed E-state index contributed by atoms with van der Waals surface area (Å²) >= 11 is 6.27. The van der Waals surface area contributed by atoms with Crippen LogP contribution >= 0.6 is 11.6 Å². The molecule has 0 saturated heterocycles. The molecule has 0 unspecified atom stereocenters. The number of rotatable bonds is 7. The van der Waals surface area contributed by atoms with Gasteiger partial charge in [-0.3, -0.25) is 9.59 Å². The van der Waals surface area contributed by atoms with Crippen LogP contribution in [0.5, 0.6) is 0 Å². The third kappa shape index (κ3) is 6.06. The highest BCUT2D eigenvalue weighted by Crippen LogP contribution is 2.20. The van der Waals surface area contributed by atoms with Crippen molar-refractivity contribution in [2.75, 3.05) is 0 Å². The maximum Gasteiger partial charge on any atom is 0.257 e. The number of halogens is 1. The molecule has 2 amide bonds. The van der Waals surface area contributed by atoms with Crippen LogP contribution in [-0.2, 0) is 9.59 Å². The number of carbonyl (C=O) groups is 2. The molecule has 3 rings (SSSR count). The molecule has 4 nitrogen and oxygen atoms in total. The molecule has 0 fully saturated rings. The van der Waals surface area contributed by atoms with E-state index in [0.717, 1.165) is 11.1 Å². The molecule has 0 aliphatic rings. The molecule has 0 aromatic heterocycles. The Balaban J connectivity index is 1.86. The van der Waals surface area contributed by atoms with Gasteiger partial charge in [0.2, 0.25) is 0 Å². The first-order chi connectivity index (χ1) is 15.0. The van der Waals surface area contributed by atoms with Gasteiger partial charge in [0.1, 0.15) is 5.57 Å². The first kappa shape index (κ1) is 22.3. The molecule has 158 valence electrons. The van der Waals surface area contributed by atoms with E-state index in [9.17, 15) is 9.59 Å². The Morgan fingerprint density at radius 1 is 0.710 bits per heavy atom. The first-order valence-electron chi connectivity index (χ1n) is 10.1. The van der Waals surface area contributed by atoms with Crippen molar-refractivity contribution in [2.24, 2.45) is 0 Å². The molecule has 2 N–H and O–H groups in total. The van der Waals surface area contributed by atoms with Crippen LogP contribution in [0, 0.1) is 0 Å². The Hall–Kier alpha value is -3.37. The Kier molecular flexibility index (Phi) is 7.63. The lowest BCUT2D eigenvalue weighted by Gasteiger charge is -2.18. The van der Waals surface area contributed by atoms with E-state index in [1.807, 2.05) is 80.6 Å². The van der Waals surface area contributed by atoms with Crippen molar-refractivity contribution in [3.8, 4) is 0 Å². The molecule has 31 heavy (non-hydrogen) atoms. The molecule has 0 saturated carbocycles. The minimum atomic E-state index is -0.464. The summed E-state index contributed by atoms with van der Waals surface area (Å²) in [4.78, 5) is 26.2. The van der Waals surface area contributed by atoms with Gasteiger partial charge < -0.3 is 10.6 Å². The van der Waals surface area contributed by atoms with Crippen molar-refractivity contribution >= 4 is 29.5 Å². The summed E-state index contributed by atoms with van der Waals surface area (Å²) in [5.74, 6) is -0.928. The number of benzene rings is 3. The van der Waals surface area contributed by atoms with Crippen molar-refractivity contribution in [2.45, 2.75) is 25.9 Å². The fourth-order valence-electron chi connectivity index (χ4n) is 3.18. The zero-order valence-corrected chi connectivity index (χ0v) is 18.3. The summed E-state index contributed by atoms with van der Waals surface area (Å²) in [7, 11) is 0. The van der Waals surface area contributed by atoms with Crippen molar-refractivity contribution in [1.29, 1.82) is 0 Å². The molecule has 0 radical (unpaired) electrons. The highest BCUT2D eigenvalue weighted by Gasteiger charge is 2.22. The van der Waals surface area contributed by atoms with Gasteiger partial charge in [0.25, 0.3) is 11.8 Å². The zero-order chi connectivity index (χ0) is 22.2. The fourth-order valence-corrected chi connectivity index (χ4v) is 3.37. The largest absolute Gasteiger partial charge is 0.345 e. The predicted octanol–water partition coefficient (Wildman–Crippen LogP) is 5.48. The average Bonchev–Trinajstić information content (AvgIpc) is 2.79. The van der Waals surface area contributed by atoms with E-state index in [2.05, 4.69) is 10.6 Å². The molecule has 0 aliphatic heterocycles. The SMILES string of the molecule is C[C@@H](NC(=O)C(=Cc1ccccc1Cl)C(=O)N[C@H](C)c1ccccc1)c1ccccc1. The molecule has 3 aromatic carbocycles. The van der Waals surface area contributed by atoms with Crippen LogP contribution in [0.2, 0.25) is 5.02 Å². The maximum absolute atomic E-state index is 13.1. The lowest BCUT2D eigenvalue weighted by atomic mass is 10.0. The Bertz CT molecular complexity index is 1000. The molecule has 0 aliphatic carbocycles. The molecule has 0 spiro atoms. The van der Waals surface area contributed by atoms with Crippen LogP contribution < -0.4 is 10.6 Å². The molecular weight excluding hydrogens is 408 g/mol. The summed E-state index contributed by atoms with van der Waals surface area (Å²) in [6.07, 6.45) is 1.53. The molecule has 0 heterocycles. The zero-order valence-electron chi connectivity index (χ0n) is 17.5. The minimum absolute atomic E-state index is 0.00124. The van der Waals surface area contributed by atoms with Crippen molar-refractivity contribution in [1.82, 2.24) is 10.6 Å². The quantitative estimate of drug-likeness (QED) is 0.295. The Morgan fingerprint density at radius 2 is 1.13 bits per heavy atom. The van der Waals surface area contributed by atoms with E-state index >= 15 is 0 Å². The van der Waals surface area contributed by atoms with Gasteiger partial charge in [-0.2, -0.15) is 0 Å². The van der Waals surface area contributed by atoms with Crippen LogP contribution in [0.3, 0.4) is 0 Å². The van der Waals surface area contributed by atoms with E-state index in [-0.39, 0.29) is 17.7 Å². The van der Waals surface area contributed by atoms with Gasteiger partial charge in [0, 0.05) is 5.02 Å². The monoisotopic (exact) mass is 432 g/mol. The molecule has 5 heteroatoms. The third-order valence-electron chi connectivity index (χ3n) is 4.99. The van der Waals surface area contributed by atoms with E-state index in [0.29, 0.717) is 10.6 Å². The lowest BCUT2D eigenvalue weighted by molar-refractivity contribution is -0.124. The lowest BCUT2D eigenvalue weighted by Crippen LogP contribution is -2.36. The van der Waals surface area contributed by atoms with Crippen molar-refractivity contribution in [3.05, 3.63) is 112 Å². The maximum atomic E-state index is 13.1. The van der Waals surface area contributed by atoms with E-state index < -0.39 is 11.8 Å². The second-order valence-electron chi connectivity index (χ2n) is 7.29. The summed E-state index contributed by atoms with van der Waals surface area (Å²) in [5, 5.41) is 6.30. The van der Waals surface area contributed by atoms with Crippen LogP contribution in [0.1, 0.15) is 42.6 Å². The van der Waals surface area contributed by atoms with Crippen LogP contribution in [-0.4, -0.2) is 11.8 Å². The molecular formula is C26H25ClN2O2. The van der Waals surface area contributed by atoms with Gasteiger partial charge in [0.05, 0.1) is 12.1 Å². The summed E-state index contributed by atoms with van der Waals surface area (Å²) in [5.41, 5.74) is 2.50. The molecule has 0 bridgehead atoms. The van der Waals surface area contributed by atoms with E-state index in [4.69, 9.17) is 11.6 Å². The number of hydrogen-bond donors (Lipinski definition) is 2. The van der Waals surface area contributed by atoms with Crippen molar-refractivity contribution < 1.29 is 9.59 Å². The summed E-state index contributed by atoms with van der Waals surface area (Å²) in [6, 6.07) is 25.8. The van der Waals surface area contributed by atoms with Crippen LogP contribution in [0.15, 0.2) is 90.5 Å². The standard InChI is InChI=1S/C26H25ClN2O2/c1-18(20-11-5-3-6-12-20)28-25(30)23(17-22-15-9-10-16-24(22)27)26(31)29-19(2)21-13-7-4-8-14-21/h3-19H,1-2H3,(H,28,30)(H,29,31)/t18-,19-/m1/s1. The predicted molar refractivity (Wildman–Crippen MR) is 125 cm³/mol. The minimum Gasteiger partial charge on any atom is -0.345 e.